The van der Waals surface area contributed by atoms with Gasteiger partial charge in [0.2, 0.25) is 0 Å². The van der Waals surface area contributed by atoms with Crippen molar-refractivity contribution in [1.29, 1.82) is 0 Å². The number of benzene rings is 2. The van der Waals surface area contributed by atoms with E-state index in [2.05, 4.69) is 5.10 Å². The molecule has 1 amide bonds. The first-order valence-electron chi connectivity index (χ1n) is 6.65. The third kappa shape index (κ3) is 2.80. The molecular formula is C16H12Cl2N2O2. The van der Waals surface area contributed by atoms with E-state index in [4.69, 9.17) is 23.2 Å². The van der Waals surface area contributed by atoms with Gasteiger partial charge in [0.25, 0.3) is 0 Å². The van der Waals surface area contributed by atoms with Crippen LogP contribution in [0.2, 0.25) is 10.0 Å². The van der Waals surface area contributed by atoms with Gasteiger partial charge in [0.15, 0.2) is 0 Å². The maximum atomic E-state index is 11.2. The zero-order chi connectivity index (χ0) is 15.7. The summed E-state index contributed by atoms with van der Waals surface area (Å²) in [6, 6.07) is 14.9. The first-order valence-corrected chi connectivity index (χ1v) is 7.41. The Labute approximate surface area is 137 Å². The zero-order valence-electron chi connectivity index (χ0n) is 11.4. The fraction of sp³-hybridized carbons (Fsp3) is 0.125. The van der Waals surface area contributed by atoms with E-state index in [-0.39, 0.29) is 12.5 Å². The Morgan fingerprint density at radius 2 is 1.86 bits per heavy atom. The van der Waals surface area contributed by atoms with E-state index in [9.17, 15) is 9.90 Å². The molecule has 112 valence electrons. The second kappa shape index (κ2) is 5.99. The smallest absolute Gasteiger partial charge is 0.427 e. The Morgan fingerprint density at radius 3 is 2.50 bits per heavy atom. The molecule has 22 heavy (non-hydrogen) atoms. The summed E-state index contributed by atoms with van der Waals surface area (Å²) < 4.78 is 0. The molecule has 1 N–H and O–H groups in total. The van der Waals surface area contributed by atoms with Crippen LogP contribution in [0.4, 0.5) is 4.79 Å². The van der Waals surface area contributed by atoms with Gasteiger partial charge in [0.1, 0.15) is 0 Å². The van der Waals surface area contributed by atoms with Crippen LogP contribution < -0.4 is 0 Å². The van der Waals surface area contributed by atoms with Crippen molar-refractivity contribution in [3.8, 4) is 0 Å². The minimum absolute atomic E-state index is 0.130. The summed E-state index contributed by atoms with van der Waals surface area (Å²) in [4.78, 5) is 11.2. The molecule has 1 heterocycles. The molecule has 0 aliphatic carbocycles. The molecule has 1 atom stereocenters. The summed E-state index contributed by atoms with van der Waals surface area (Å²) in [6.07, 6.45) is -1.07. The number of nitrogens with zero attached hydrogens (tertiary/aromatic N) is 2. The summed E-state index contributed by atoms with van der Waals surface area (Å²) in [5.41, 5.74) is 2.45. The van der Waals surface area contributed by atoms with Crippen LogP contribution in [0.5, 0.6) is 0 Å². The quantitative estimate of drug-likeness (QED) is 0.880. The second-order valence-electron chi connectivity index (χ2n) is 4.94. The Kier molecular flexibility index (Phi) is 4.05. The molecule has 0 spiro atoms. The van der Waals surface area contributed by atoms with Crippen LogP contribution in [-0.2, 0) is 0 Å². The van der Waals surface area contributed by atoms with Gasteiger partial charge in [0.05, 0.1) is 22.3 Å². The van der Waals surface area contributed by atoms with Gasteiger partial charge in [-0.2, -0.15) is 10.1 Å². The maximum absolute atomic E-state index is 11.2. The van der Waals surface area contributed by atoms with Crippen molar-refractivity contribution in [2.24, 2.45) is 5.10 Å². The normalized spacial score (nSPS) is 17.5. The van der Waals surface area contributed by atoms with Crippen molar-refractivity contribution in [2.45, 2.75) is 5.92 Å². The average Bonchev–Trinajstić information content (AvgIpc) is 2.96. The lowest BCUT2D eigenvalue weighted by Gasteiger charge is -2.13. The van der Waals surface area contributed by atoms with Crippen LogP contribution in [0.3, 0.4) is 0 Å². The Morgan fingerprint density at radius 1 is 1.14 bits per heavy atom. The molecule has 3 rings (SSSR count). The van der Waals surface area contributed by atoms with Gasteiger partial charge in [-0.3, -0.25) is 0 Å². The topological polar surface area (TPSA) is 52.9 Å². The van der Waals surface area contributed by atoms with Crippen molar-refractivity contribution in [3.63, 3.8) is 0 Å². The molecule has 0 bridgehead atoms. The summed E-state index contributed by atoms with van der Waals surface area (Å²) in [7, 11) is 0. The van der Waals surface area contributed by atoms with Crippen LogP contribution in [-0.4, -0.2) is 28.5 Å². The lowest BCUT2D eigenvalue weighted by molar-refractivity contribution is 0.151. The minimum atomic E-state index is -1.07. The van der Waals surface area contributed by atoms with E-state index in [0.29, 0.717) is 15.8 Å². The van der Waals surface area contributed by atoms with E-state index < -0.39 is 6.09 Å². The van der Waals surface area contributed by atoms with Gasteiger partial charge < -0.3 is 5.11 Å². The van der Waals surface area contributed by atoms with Crippen LogP contribution in [0.1, 0.15) is 17.0 Å². The molecular weight excluding hydrogens is 323 g/mol. The molecule has 0 radical (unpaired) electrons. The highest BCUT2D eigenvalue weighted by Gasteiger charge is 2.32. The molecule has 1 aliphatic rings. The molecule has 2 aromatic carbocycles. The van der Waals surface area contributed by atoms with Gasteiger partial charge in [0, 0.05) is 11.5 Å². The highest BCUT2D eigenvalue weighted by atomic mass is 35.5. The fourth-order valence-corrected chi connectivity index (χ4v) is 2.78. The van der Waals surface area contributed by atoms with Gasteiger partial charge in [-0.25, -0.2) is 4.79 Å². The van der Waals surface area contributed by atoms with E-state index >= 15 is 0 Å². The highest BCUT2D eigenvalue weighted by molar-refractivity contribution is 6.42. The highest BCUT2D eigenvalue weighted by Crippen LogP contribution is 2.31. The van der Waals surface area contributed by atoms with Crippen molar-refractivity contribution in [1.82, 2.24) is 5.01 Å². The molecule has 0 fully saturated rings. The minimum Gasteiger partial charge on any atom is -0.464 e. The second-order valence-corrected chi connectivity index (χ2v) is 5.76. The van der Waals surface area contributed by atoms with Crippen LogP contribution in [0, 0.1) is 0 Å². The van der Waals surface area contributed by atoms with Gasteiger partial charge in [-0.15, -0.1) is 0 Å². The van der Waals surface area contributed by atoms with E-state index in [1.54, 1.807) is 18.2 Å². The first kappa shape index (κ1) is 14.9. The molecule has 0 saturated carbocycles. The predicted octanol–water partition coefficient (Wildman–Crippen LogP) is 4.47. The Hall–Kier alpha value is -2.04. The number of rotatable bonds is 2. The summed E-state index contributed by atoms with van der Waals surface area (Å²) >= 11 is 12.0. The van der Waals surface area contributed by atoms with Crippen molar-refractivity contribution >= 4 is 35.0 Å². The number of hydrogen-bond donors (Lipinski definition) is 1. The third-order valence-corrected chi connectivity index (χ3v) is 4.29. The first-order chi connectivity index (χ1) is 10.6. The van der Waals surface area contributed by atoms with Gasteiger partial charge in [-0.1, -0.05) is 59.6 Å². The van der Waals surface area contributed by atoms with Crippen molar-refractivity contribution < 1.29 is 9.90 Å². The van der Waals surface area contributed by atoms with E-state index in [1.165, 1.54) is 0 Å². The van der Waals surface area contributed by atoms with Crippen LogP contribution in [0.15, 0.2) is 53.6 Å². The lowest BCUT2D eigenvalue weighted by Crippen LogP contribution is -2.23. The maximum Gasteiger partial charge on any atom is 0.427 e. The summed E-state index contributed by atoms with van der Waals surface area (Å²) in [6.45, 7) is 0.287. The van der Waals surface area contributed by atoms with Crippen molar-refractivity contribution in [2.75, 3.05) is 6.54 Å². The molecule has 2 aromatic rings. The number of hydrogen-bond acceptors (Lipinski definition) is 2. The third-order valence-electron chi connectivity index (χ3n) is 3.55. The molecule has 1 aliphatic heterocycles. The number of carboxylic acid groups (broad SMARTS) is 1. The largest absolute Gasteiger partial charge is 0.464 e. The van der Waals surface area contributed by atoms with Crippen LogP contribution >= 0.6 is 23.2 Å². The Bertz CT molecular complexity index is 747. The van der Waals surface area contributed by atoms with Gasteiger partial charge >= 0.3 is 6.09 Å². The SMILES string of the molecule is O=C(O)N1CC(c2ccccc2)C(c2ccc(Cl)c(Cl)c2)=N1. The van der Waals surface area contributed by atoms with E-state index in [1.807, 2.05) is 30.3 Å². The van der Waals surface area contributed by atoms with Crippen molar-refractivity contribution in [3.05, 3.63) is 69.7 Å². The number of halogens is 2. The summed E-state index contributed by atoms with van der Waals surface area (Å²) in [5.74, 6) is -0.130. The molecule has 1 unspecified atom stereocenters. The summed E-state index contributed by atoms with van der Waals surface area (Å²) in [5, 5.41) is 15.4. The predicted molar refractivity (Wildman–Crippen MR) is 86.9 cm³/mol. The lowest BCUT2D eigenvalue weighted by atomic mass is 9.91. The van der Waals surface area contributed by atoms with E-state index in [0.717, 1.165) is 16.1 Å². The monoisotopic (exact) mass is 334 g/mol. The number of hydrazone groups is 1. The zero-order valence-corrected chi connectivity index (χ0v) is 12.9. The fourth-order valence-electron chi connectivity index (χ4n) is 2.48. The molecule has 6 heteroatoms. The van der Waals surface area contributed by atoms with Gasteiger partial charge in [-0.05, 0) is 17.7 Å². The molecule has 4 nitrogen and oxygen atoms in total. The van der Waals surface area contributed by atoms with Crippen LogP contribution in [0.25, 0.3) is 0 Å². The average molecular weight is 335 g/mol. The number of carbonyl (C=O) groups is 1. The molecule has 0 aromatic heterocycles. The molecule has 0 saturated heterocycles. The Balaban J connectivity index is 2.05. The standard InChI is InChI=1S/C16H12Cl2N2O2/c17-13-7-6-11(8-14(13)18)15-12(9-20(19-15)16(21)22)10-4-2-1-3-5-10/h1-8,12H,9H2,(H,21,22). The number of amides is 1.